The van der Waals surface area contributed by atoms with Crippen LogP contribution in [0.3, 0.4) is 0 Å². The number of hydrogen-bond donors (Lipinski definition) is 1. The molecule has 2 aromatic carbocycles. The number of carbonyl (C=O) groups excluding carboxylic acids is 1. The van der Waals surface area contributed by atoms with Crippen molar-refractivity contribution < 1.29 is 19.4 Å². The highest BCUT2D eigenvalue weighted by Crippen LogP contribution is 2.23. The fraction of sp³-hybridized carbons (Fsp3) is 0.300. The number of rotatable bonds is 6. The van der Waals surface area contributed by atoms with Gasteiger partial charge in [-0.25, -0.2) is 0 Å². The first-order chi connectivity index (χ1) is 12.0. The van der Waals surface area contributed by atoms with Gasteiger partial charge in [0.25, 0.3) is 0 Å². The van der Waals surface area contributed by atoms with Gasteiger partial charge < -0.3 is 14.7 Å². The SMILES string of the molecule is Cc1ccc(Oc2ccc(CCN3CC(C(=O)O)CC3=O)cc2)cc1. The van der Waals surface area contributed by atoms with Gasteiger partial charge in [0.1, 0.15) is 11.5 Å². The molecule has 0 bridgehead atoms. The highest BCUT2D eigenvalue weighted by atomic mass is 16.5. The fourth-order valence-corrected chi connectivity index (χ4v) is 2.88. The monoisotopic (exact) mass is 339 g/mol. The molecule has 25 heavy (non-hydrogen) atoms. The zero-order valence-electron chi connectivity index (χ0n) is 14.1. The molecule has 0 radical (unpaired) electrons. The van der Waals surface area contributed by atoms with E-state index in [0.29, 0.717) is 19.5 Å². The van der Waals surface area contributed by atoms with Crippen molar-refractivity contribution in [3.8, 4) is 11.5 Å². The Bertz CT molecular complexity index is 752. The molecular formula is C20H21NO4. The van der Waals surface area contributed by atoms with Gasteiger partial charge in [0, 0.05) is 19.5 Å². The van der Waals surface area contributed by atoms with Gasteiger partial charge in [-0.15, -0.1) is 0 Å². The Kier molecular flexibility index (Phi) is 5.03. The summed E-state index contributed by atoms with van der Waals surface area (Å²) in [6.45, 7) is 2.88. The Hall–Kier alpha value is -2.82. The van der Waals surface area contributed by atoms with E-state index in [1.165, 1.54) is 5.56 Å². The molecule has 130 valence electrons. The summed E-state index contributed by atoms with van der Waals surface area (Å²) in [6.07, 6.45) is 0.807. The highest BCUT2D eigenvalue weighted by Gasteiger charge is 2.33. The highest BCUT2D eigenvalue weighted by molar-refractivity contribution is 5.86. The van der Waals surface area contributed by atoms with Crippen molar-refractivity contribution in [1.29, 1.82) is 0 Å². The number of nitrogens with zero attached hydrogens (tertiary/aromatic N) is 1. The number of amides is 1. The lowest BCUT2D eigenvalue weighted by Gasteiger charge is -2.16. The molecule has 1 amide bonds. The van der Waals surface area contributed by atoms with E-state index in [2.05, 4.69) is 0 Å². The van der Waals surface area contributed by atoms with Crippen molar-refractivity contribution in [2.45, 2.75) is 19.8 Å². The Morgan fingerprint density at radius 3 is 2.28 bits per heavy atom. The second-order valence-electron chi connectivity index (χ2n) is 6.39. The Morgan fingerprint density at radius 2 is 1.72 bits per heavy atom. The number of aliphatic carboxylic acids is 1. The molecule has 0 aliphatic carbocycles. The summed E-state index contributed by atoms with van der Waals surface area (Å²) in [5.41, 5.74) is 2.27. The van der Waals surface area contributed by atoms with Gasteiger partial charge in [0.05, 0.1) is 5.92 Å². The van der Waals surface area contributed by atoms with Gasteiger partial charge in [0.2, 0.25) is 5.91 Å². The minimum atomic E-state index is -0.895. The van der Waals surface area contributed by atoms with Crippen LogP contribution in [0.15, 0.2) is 48.5 Å². The number of benzene rings is 2. The van der Waals surface area contributed by atoms with Crippen LogP contribution < -0.4 is 4.74 Å². The van der Waals surface area contributed by atoms with E-state index in [4.69, 9.17) is 9.84 Å². The minimum Gasteiger partial charge on any atom is -0.481 e. The molecule has 1 unspecified atom stereocenters. The predicted molar refractivity (Wildman–Crippen MR) is 93.7 cm³/mol. The van der Waals surface area contributed by atoms with Crippen LogP contribution in [0.2, 0.25) is 0 Å². The number of carboxylic acids is 1. The van der Waals surface area contributed by atoms with E-state index < -0.39 is 11.9 Å². The quantitative estimate of drug-likeness (QED) is 0.877. The van der Waals surface area contributed by atoms with Crippen LogP contribution in [-0.4, -0.2) is 35.0 Å². The number of likely N-dealkylation sites (tertiary alicyclic amines) is 1. The molecule has 3 rings (SSSR count). The Morgan fingerprint density at radius 1 is 1.12 bits per heavy atom. The van der Waals surface area contributed by atoms with E-state index in [1.54, 1.807) is 4.90 Å². The molecule has 2 aromatic rings. The lowest BCUT2D eigenvalue weighted by molar-refractivity contribution is -0.141. The molecule has 0 spiro atoms. The van der Waals surface area contributed by atoms with E-state index >= 15 is 0 Å². The summed E-state index contributed by atoms with van der Waals surface area (Å²) in [5, 5.41) is 9.01. The average molecular weight is 339 g/mol. The van der Waals surface area contributed by atoms with Gasteiger partial charge in [-0.05, 0) is 43.2 Å². The summed E-state index contributed by atoms with van der Waals surface area (Å²) < 4.78 is 5.79. The normalized spacial score (nSPS) is 16.9. The number of aryl methyl sites for hydroxylation is 1. The van der Waals surface area contributed by atoms with Crippen molar-refractivity contribution in [1.82, 2.24) is 4.90 Å². The van der Waals surface area contributed by atoms with Crippen molar-refractivity contribution in [3.05, 3.63) is 59.7 Å². The molecule has 0 aromatic heterocycles. The Labute approximate surface area is 146 Å². The van der Waals surface area contributed by atoms with Crippen LogP contribution in [0.1, 0.15) is 17.5 Å². The first-order valence-corrected chi connectivity index (χ1v) is 8.35. The molecule has 1 atom stereocenters. The van der Waals surface area contributed by atoms with Gasteiger partial charge in [0.15, 0.2) is 0 Å². The maximum Gasteiger partial charge on any atom is 0.308 e. The third-order valence-corrected chi connectivity index (χ3v) is 4.41. The standard InChI is InChI=1S/C20H21NO4/c1-14-2-6-17(7-3-14)25-18-8-4-15(5-9-18)10-11-21-13-16(20(23)24)12-19(21)22/h2-9,16H,10-13H2,1H3,(H,23,24). The number of ether oxygens (including phenoxy) is 1. The summed E-state index contributed by atoms with van der Waals surface area (Å²) in [4.78, 5) is 24.4. The van der Waals surface area contributed by atoms with Crippen LogP contribution in [0.4, 0.5) is 0 Å². The molecule has 1 fully saturated rings. The smallest absolute Gasteiger partial charge is 0.308 e. The van der Waals surface area contributed by atoms with Gasteiger partial charge in [-0.1, -0.05) is 29.8 Å². The second-order valence-corrected chi connectivity index (χ2v) is 6.39. The molecule has 1 heterocycles. The zero-order valence-corrected chi connectivity index (χ0v) is 14.1. The summed E-state index contributed by atoms with van der Waals surface area (Å²) in [7, 11) is 0. The van der Waals surface area contributed by atoms with Crippen molar-refractivity contribution in [2.24, 2.45) is 5.92 Å². The first-order valence-electron chi connectivity index (χ1n) is 8.35. The van der Waals surface area contributed by atoms with Gasteiger partial charge >= 0.3 is 5.97 Å². The average Bonchev–Trinajstić information content (AvgIpc) is 2.98. The van der Waals surface area contributed by atoms with E-state index in [9.17, 15) is 9.59 Å². The molecule has 1 aliphatic heterocycles. The van der Waals surface area contributed by atoms with Crippen LogP contribution in [0.25, 0.3) is 0 Å². The lowest BCUT2D eigenvalue weighted by Crippen LogP contribution is -2.28. The first kappa shape index (κ1) is 17.0. The van der Waals surface area contributed by atoms with Crippen LogP contribution >= 0.6 is 0 Å². The molecular weight excluding hydrogens is 318 g/mol. The minimum absolute atomic E-state index is 0.0771. The topological polar surface area (TPSA) is 66.8 Å². The summed E-state index contributed by atoms with van der Waals surface area (Å²) >= 11 is 0. The fourth-order valence-electron chi connectivity index (χ4n) is 2.88. The molecule has 1 saturated heterocycles. The van der Waals surface area contributed by atoms with Crippen molar-refractivity contribution >= 4 is 11.9 Å². The number of carbonyl (C=O) groups is 2. The number of carboxylic acid groups (broad SMARTS) is 1. The largest absolute Gasteiger partial charge is 0.481 e. The number of hydrogen-bond acceptors (Lipinski definition) is 3. The maximum atomic E-state index is 11.8. The lowest BCUT2D eigenvalue weighted by atomic mass is 10.1. The molecule has 1 aliphatic rings. The van der Waals surface area contributed by atoms with Crippen LogP contribution in [-0.2, 0) is 16.0 Å². The second kappa shape index (κ2) is 7.38. The Balaban J connectivity index is 1.53. The molecule has 0 saturated carbocycles. The van der Waals surface area contributed by atoms with Crippen molar-refractivity contribution in [3.63, 3.8) is 0 Å². The maximum absolute atomic E-state index is 11.8. The van der Waals surface area contributed by atoms with Gasteiger partial charge in [-0.2, -0.15) is 0 Å². The third kappa shape index (κ3) is 4.38. The van der Waals surface area contributed by atoms with E-state index in [1.807, 2.05) is 55.5 Å². The van der Waals surface area contributed by atoms with E-state index in [-0.39, 0.29) is 12.3 Å². The van der Waals surface area contributed by atoms with Crippen LogP contribution in [0, 0.1) is 12.8 Å². The summed E-state index contributed by atoms with van der Waals surface area (Å²) in [6, 6.07) is 15.6. The molecule has 5 nitrogen and oxygen atoms in total. The molecule has 1 N–H and O–H groups in total. The van der Waals surface area contributed by atoms with Crippen molar-refractivity contribution in [2.75, 3.05) is 13.1 Å². The zero-order chi connectivity index (χ0) is 17.8. The predicted octanol–water partition coefficient (Wildman–Crippen LogP) is 3.26. The van der Waals surface area contributed by atoms with Crippen LogP contribution in [0.5, 0.6) is 11.5 Å². The molecule has 5 heteroatoms. The van der Waals surface area contributed by atoms with E-state index in [0.717, 1.165) is 17.1 Å². The third-order valence-electron chi connectivity index (χ3n) is 4.41. The summed E-state index contributed by atoms with van der Waals surface area (Å²) in [5.74, 6) is 0.00878. The van der Waals surface area contributed by atoms with Gasteiger partial charge in [-0.3, -0.25) is 9.59 Å².